The first-order valence-electron chi connectivity index (χ1n) is 11.1. The second-order valence-electron chi connectivity index (χ2n) is 8.47. The molecule has 0 aliphatic carbocycles. The number of nitrogens with zero attached hydrogens (tertiary/aromatic N) is 5. The third-order valence-electron chi connectivity index (χ3n) is 5.56. The van der Waals surface area contributed by atoms with Crippen LogP contribution in [-0.4, -0.2) is 21.1 Å². The van der Waals surface area contributed by atoms with Crippen molar-refractivity contribution in [2.75, 3.05) is 11.4 Å². The smallest absolute Gasteiger partial charge is 0.140 e. The molecule has 0 atom stereocenters. The Morgan fingerprint density at radius 1 is 1.24 bits per heavy atom. The average molecular weight is 485 g/mol. The van der Waals surface area contributed by atoms with Crippen molar-refractivity contribution in [3.63, 3.8) is 0 Å². The van der Waals surface area contributed by atoms with Gasteiger partial charge in [0.05, 0.1) is 24.4 Å². The molecule has 8 heteroatoms. The van der Waals surface area contributed by atoms with Gasteiger partial charge in [0.15, 0.2) is 0 Å². The Morgan fingerprint density at radius 2 is 1.94 bits per heavy atom. The van der Waals surface area contributed by atoms with E-state index in [4.69, 9.17) is 28.2 Å². The van der Waals surface area contributed by atoms with Crippen LogP contribution in [0.25, 0.3) is 11.0 Å². The average Bonchev–Trinajstić information content (AvgIpc) is 3.04. The minimum Gasteiger partial charge on any atom is -0.365 e. The van der Waals surface area contributed by atoms with Crippen LogP contribution in [0.15, 0.2) is 36.3 Å². The van der Waals surface area contributed by atoms with Crippen molar-refractivity contribution < 1.29 is 0 Å². The SMILES string of the molecule is CCCCN(/C(=C\C#N)NCc1cc(C(C)C)c2c(C)cn(C)c2n1)c1cc(Cl)nc(Cl)c1. The number of unbranched alkanes of at least 4 members (excludes halogenated alkanes) is 1. The lowest BCUT2D eigenvalue weighted by Crippen LogP contribution is -2.32. The molecule has 0 bridgehead atoms. The van der Waals surface area contributed by atoms with Crippen LogP contribution in [0, 0.1) is 18.3 Å². The number of allylic oxidation sites excluding steroid dienone is 1. The van der Waals surface area contributed by atoms with Gasteiger partial charge in [-0.1, -0.05) is 50.4 Å². The summed E-state index contributed by atoms with van der Waals surface area (Å²) in [7, 11) is 2.02. The zero-order chi connectivity index (χ0) is 24.1. The molecule has 3 rings (SSSR count). The molecule has 1 N–H and O–H groups in total. The molecule has 0 fully saturated rings. The number of hydrogen-bond donors (Lipinski definition) is 1. The highest BCUT2D eigenvalue weighted by Crippen LogP contribution is 2.29. The van der Waals surface area contributed by atoms with Crippen molar-refractivity contribution in [3.8, 4) is 6.07 Å². The van der Waals surface area contributed by atoms with Gasteiger partial charge in [-0.15, -0.1) is 0 Å². The molecule has 0 aliphatic rings. The van der Waals surface area contributed by atoms with Crippen molar-refractivity contribution in [1.29, 1.82) is 5.26 Å². The number of fused-ring (bicyclic) bond motifs is 1. The van der Waals surface area contributed by atoms with Gasteiger partial charge in [-0.25, -0.2) is 9.97 Å². The monoisotopic (exact) mass is 484 g/mol. The van der Waals surface area contributed by atoms with E-state index >= 15 is 0 Å². The van der Waals surface area contributed by atoms with Gasteiger partial charge in [-0.2, -0.15) is 5.26 Å². The first kappa shape index (κ1) is 24.9. The van der Waals surface area contributed by atoms with Crippen molar-refractivity contribution in [2.45, 2.75) is 53.0 Å². The zero-order valence-corrected chi connectivity index (χ0v) is 21.3. The highest BCUT2D eigenvalue weighted by atomic mass is 35.5. The second kappa shape index (κ2) is 10.9. The van der Waals surface area contributed by atoms with Crippen LogP contribution in [0.2, 0.25) is 10.3 Å². The van der Waals surface area contributed by atoms with Crippen molar-refractivity contribution in [2.24, 2.45) is 7.05 Å². The summed E-state index contributed by atoms with van der Waals surface area (Å²) in [5.41, 5.74) is 5.17. The maximum absolute atomic E-state index is 9.49. The maximum atomic E-state index is 9.49. The molecule has 0 spiro atoms. The van der Waals surface area contributed by atoms with E-state index in [2.05, 4.69) is 60.9 Å². The van der Waals surface area contributed by atoms with E-state index in [0.29, 0.717) is 35.1 Å². The predicted octanol–water partition coefficient (Wildman–Crippen LogP) is 6.47. The van der Waals surface area contributed by atoms with Gasteiger partial charge in [-0.05, 0) is 48.6 Å². The van der Waals surface area contributed by atoms with E-state index < -0.39 is 0 Å². The normalized spacial score (nSPS) is 11.8. The summed E-state index contributed by atoms with van der Waals surface area (Å²) in [5, 5.41) is 14.7. The molecule has 0 aromatic carbocycles. The molecule has 0 saturated carbocycles. The van der Waals surface area contributed by atoms with Gasteiger partial charge >= 0.3 is 0 Å². The number of rotatable bonds is 9. The topological polar surface area (TPSA) is 69.8 Å². The van der Waals surface area contributed by atoms with Crippen molar-refractivity contribution >= 4 is 39.9 Å². The number of aryl methyl sites for hydroxylation is 2. The number of aromatic nitrogens is 3. The zero-order valence-electron chi connectivity index (χ0n) is 19.8. The molecule has 0 unspecified atom stereocenters. The quantitative estimate of drug-likeness (QED) is 0.278. The molecule has 174 valence electrons. The molecular formula is C25H30Cl2N6. The summed E-state index contributed by atoms with van der Waals surface area (Å²) in [6.45, 7) is 9.82. The minimum absolute atomic E-state index is 0.308. The fourth-order valence-corrected chi connectivity index (χ4v) is 4.45. The molecule has 3 heterocycles. The Hall–Kier alpha value is -2.75. The molecule has 0 radical (unpaired) electrons. The van der Waals surface area contributed by atoms with Crippen LogP contribution in [0.1, 0.15) is 56.4 Å². The summed E-state index contributed by atoms with van der Waals surface area (Å²) < 4.78 is 2.07. The predicted molar refractivity (Wildman–Crippen MR) is 137 cm³/mol. The minimum atomic E-state index is 0.308. The lowest BCUT2D eigenvalue weighted by atomic mass is 9.98. The van der Waals surface area contributed by atoms with E-state index in [0.717, 1.165) is 29.9 Å². The van der Waals surface area contributed by atoms with E-state index in [9.17, 15) is 5.26 Å². The number of pyridine rings is 2. The number of nitriles is 1. The van der Waals surface area contributed by atoms with Crippen molar-refractivity contribution in [1.82, 2.24) is 19.9 Å². The van der Waals surface area contributed by atoms with Gasteiger partial charge in [-0.3, -0.25) is 0 Å². The first-order chi connectivity index (χ1) is 15.7. The van der Waals surface area contributed by atoms with E-state index in [1.165, 1.54) is 22.6 Å². The molecule has 6 nitrogen and oxygen atoms in total. The van der Waals surface area contributed by atoms with Crippen LogP contribution >= 0.6 is 23.2 Å². The lowest BCUT2D eigenvalue weighted by molar-refractivity contribution is 0.694. The number of anilines is 1. The maximum Gasteiger partial charge on any atom is 0.140 e. The number of nitrogens with one attached hydrogen (secondary N) is 1. The van der Waals surface area contributed by atoms with Crippen LogP contribution in [0.4, 0.5) is 5.69 Å². The molecule has 3 aromatic heterocycles. The largest absolute Gasteiger partial charge is 0.365 e. The molecule has 0 saturated heterocycles. The van der Waals surface area contributed by atoms with Crippen LogP contribution in [0.5, 0.6) is 0 Å². The third kappa shape index (κ3) is 5.79. The molecule has 0 aliphatic heterocycles. The summed E-state index contributed by atoms with van der Waals surface area (Å²) in [6.07, 6.45) is 5.57. The molecule has 33 heavy (non-hydrogen) atoms. The van der Waals surface area contributed by atoms with E-state index in [-0.39, 0.29) is 0 Å². The Balaban J connectivity index is 1.96. The summed E-state index contributed by atoms with van der Waals surface area (Å²) in [5.74, 6) is 1.03. The fraction of sp³-hybridized carbons (Fsp3) is 0.400. The van der Waals surface area contributed by atoms with Gasteiger partial charge in [0.25, 0.3) is 0 Å². The van der Waals surface area contributed by atoms with Gasteiger partial charge in [0.1, 0.15) is 21.8 Å². The Kier molecular flexibility index (Phi) is 8.23. The molecule has 0 amide bonds. The van der Waals surface area contributed by atoms with Crippen LogP contribution in [0.3, 0.4) is 0 Å². The van der Waals surface area contributed by atoms with Gasteiger partial charge < -0.3 is 14.8 Å². The lowest BCUT2D eigenvalue weighted by Gasteiger charge is -2.28. The highest BCUT2D eigenvalue weighted by Gasteiger charge is 2.17. The van der Waals surface area contributed by atoms with Gasteiger partial charge in [0.2, 0.25) is 0 Å². The number of halogens is 2. The van der Waals surface area contributed by atoms with E-state index in [1.54, 1.807) is 12.1 Å². The second-order valence-corrected chi connectivity index (χ2v) is 9.24. The fourth-order valence-electron chi connectivity index (χ4n) is 4.01. The third-order valence-corrected chi connectivity index (χ3v) is 5.95. The highest BCUT2D eigenvalue weighted by molar-refractivity contribution is 6.32. The summed E-state index contributed by atoms with van der Waals surface area (Å²) >= 11 is 12.3. The van der Waals surface area contributed by atoms with Crippen LogP contribution in [-0.2, 0) is 13.6 Å². The Labute approximate surface area is 205 Å². The number of hydrogen-bond acceptors (Lipinski definition) is 5. The Morgan fingerprint density at radius 3 is 2.55 bits per heavy atom. The first-order valence-corrected chi connectivity index (χ1v) is 11.9. The van der Waals surface area contributed by atoms with Crippen LogP contribution < -0.4 is 10.2 Å². The Bertz CT molecular complexity index is 1190. The summed E-state index contributed by atoms with van der Waals surface area (Å²) in [6, 6.07) is 7.83. The summed E-state index contributed by atoms with van der Waals surface area (Å²) in [4.78, 5) is 11.0. The van der Waals surface area contributed by atoms with Gasteiger partial charge in [0, 0.05) is 30.9 Å². The standard InChI is InChI=1S/C25H30Cl2N6/c1-6-7-10-33(19-12-21(26)31-22(27)13-19)23(8-9-28)29-14-18-11-20(16(2)3)24-17(4)15-32(5)25(24)30-18/h8,11-13,15-16,29H,6-7,10,14H2,1-5H3/b23-8-. The van der Waals surface area contributed by atoms with E-state index in [1.807, 2.05) is 11.9 Å². The molecular weight excluding hydrogens is 455 g/mol. The van der Waals surface area contributed by atoms with Crippen molar-refractivity contribution in [3.05, 3.63) is 63.4 Å². The molecule has 3 aromatic rings.